The van der Waals surface area contributed by atoms with Gasteiger partial charge >= 0.3 is 0 Å². The molecule has 0 spiro atoms. The zero-order valence-corrected chi connectivity index (χ0v) is 17.9. The van der Waals surface area contributed by atoms with Gasteiger partial charge in [-0.15, -0.1) is 0 Å². The van der Waals surface area contributed by atoms with Gasteiger partial charge in [0.25, 0.3) is 0 Å². The summed E-state index contributed by atoms with van der Waals surface area (Å²) in [6, 6.07) is 14.9. The number of aromatic amines is 1. The van der Waals surface area contributed by atoms with Crippen molar-refractivity contribution in [3.05, 3.63) is 58.8 Å². The summed E-state index contributed by atoms with van der Waals surface area (Å²) >= 11 is 0. The number of rotatable bonds is 5. The van der Waals surface area contributed by atoms with Gasteiger partial charge in [-0.1, -0.05) is 46.2 Å². The maximum absolute atomic E-state index is 9.38. The van der Waals surface area contributed by atoms with Crippen LogP contribution in [0.1, 0.15) is 75.3 Å². The molecule has 1 aliphatic heterocycles. The molecule has 1 aliphatic rings. The summed E-state index contributed by atoms with van der Waals surface area (Å²) in [5, 5.41) is 10.7. The van der Waals surface area contributed by atoms with Crippen molar-refractivity contribution in [2.75, 3.05) is 6.61 Å². The standard InChI is InChI=1S/C26H30N2O/c1-5-11-26(6-2)25-21(10-12-29-26)23-15-20(17(3)4)14-22(24(23)28-25)19-9-7-8-18(13-19)16-27/h7-9,13-15,17,28H,5-6,10-12H2,1-4H3. The van der Waals surface area contributed by atoms with Crippen LogP contribution in [0.25, 0.3) is 22.0 Å². The Morgan fingerprint density at radius 2 is 2.03 bits per heavy atom. The molecule has 0 amide bonds. The molecule has 1 unspecified atom stereocenters. The summed E-state index contributed by atoms with van der Waals surface area (Å²) in [7, 11) is 0. The highest BCUT2D eigenvalue weighted by Crippen LogP contribution is 2.44. The van der Waals surface area contributed by atoms with E-state index in [4.69, 9.17) is 4.74 Å². The zero-order valence-electron chi connectivity index (χ0n) is 17.9. The van der Waals surface area contributed by atoms with Gasteiger partial charge < -0.3 is 9.72 Å². The molecule has 1 N–H and O–H groups in total. The minimum atomic E-state index is -0.217. The Bertz CT molecular complexity index is 1090. The van der Waals surface area contributed by atoms with Gasteiger partial charge in [-0.3, -0.25) is 0 Å². The molecule has 2 aromatic carbocycles. The van der Waals surface area contributed by atoms with Crippen molar-refractivity contribution in [2.45, 2.75) is 64.9 Å². The minimum absolute atomic E-state index is 0.217. The van der Waals surface area contributed by atoms with Crippen LogP contribution in [0.15, 0.2) is 36.4 Å². The molecule has 0 bridgehead atoms. The van der Waals surface area contributed by atoms with Crippen molar-refractivity contribution in [1.82, 2.24) is 4.98 Å². The summed E-state index contributed by atoms with van der Waals surface area (Å²) in [6.45, 7) is 9.72. The number of hydrogen-bond donors (Lipinski definition) is 1. The van der Waals surface area contributed by atoms with Gasteiger partial charge in [0.05, 0.1) is 29.5 Å². The Morgan fingerprint density at radius 3 is 2.72 bits per heavy atom. The van der Waals surface area contributed by atoms with Crippen molar-refractivity contribution in [1.29, 1.82) is 5.26 Å². The number of nitriles is 1. The van der Waals surface area contributed by atoms with E-state index in [1.807, 2.05) is 18.2 Å². The molecule has 0 radical (unpaired) electrons. The number of benzene rings is 2. The molecule has 2 heterocycles. The van der Waals surface area contributed by atoms with Crippen LogP contribution in [0.5, 0.6) is 0 Å². The third-order valence-electron chi connectivity index (χ3n) is 6.42. The van der Waals surface area contributed by atoms with Gasteiger partial charge in [-0.05, 0) is 66.1 Å². The molecule has 150 valence electrons. The highest BCUT2D eigenvalue weighted by molar-refractivity contribution is 5.98. The number of fused-ring (bicyclic) bond motifs is 3. The second-order valence-electron chi connectivity index (χ2n) is 8.51. The van der Waals surface area contributed by atoms with E-state index in [2.05, 4.69) is 56.9 Å². The largest absolute Gasteiger partial charge is 0.368 e. The van der Waals surface area contributed by atoms with Gasteiger partial charge in [-0.25, -0.2) is 0 Å². The minimum Gasteiger partial charge on any atom is -0.368 e. The normalized spacial score (nSPS) is 18.8. The van der Waals surface area contributed by atoms with Gasteiger partial charge in [0, 0.05) is 10.9 Å². The first-order chi connectivity index (χ1) is 14.0. The molecule has 1 atom stereocenters. The number of nitrogens with zero attached hydrogens (tertiary/aromatic N) is 1. The van der Waals surface area contributed by atoms with E-state index in [0.29, 0.717) is 11.5 Å². The number of aromatic nitrogens is 1. The zero-order chi connectivity index (χ0) is 20.6. The molecule has 1 aromatic heterocycles. The lowest BCUT2D eigenvalue weighted by Crippen LogP contribution is -2.35. The Labute approximate surface area is 173 Å². The number of hydrogen-bond acceptors (Lipinski definition) is 2. The summed E-state index contributed by atoms with van der Waals surface area (Å²) in [5.41, 5.74) is 7.94. The molecule has 3 aromatic rings. The molecule has 3 heteroatoms. The van der Waals surface area contributed by atoms with E-state index in [1.54, 1.807) is 0 Å². The first kappa shape index (κ1) is 19.7. The maximum atomic E-state index is 9.38. The van der Waals surface area contributed by atoms with Crippen molar-refractivity contribution in [2.24, 2.45) is 0 Å². The Kier molecular flexibility index (Phi) is 5.23. The summed E-state index contributed by atoms with van der Waals surface area (Å²) in [6.07, 6.45) is 4.04. The molecule has 0 saturated carbocycles. The highest BCUT2D eigenvalue weighted by Gasteiger charge is 2.38. The second-order valence-corrected chi connectivity index (χ2v) is 8.51. The lowest BCUT2D eigenvalue weighted by atomic mass is 9.85. The van der Waals surface area contributed by atoms with Crippen molar-refractivity contribution in [3.63, 3.8) is 0 Å². The van der Waals surface area contributed by atoms with Crippen LogP contribution in [0, 0.1) is 11.3 Å². The fourth-order valence-corrected chi connectivity index (χ4v) is 4.82. The van der Waals surface area contributed by atoms with Crippen LogP contribution in [0.4, 0.5) is 0 Å². The molecule has 29 heavy (non-hydrogen) atoms. The van der Waals surface area contributed by atoms with Crippen molar-refractivity contribution >= 4 is 10.9 Å². The predicted molar refractivity (Wildman–Crippen MR) is 119 cm³/mol. The maximum Gasteiger partial charge on any atom is 0.108 e. The molecule has 0 saturated heterocycles. The van der Waals surface area contributed by atoms with Gasteiger partial charge in [0.2, 0.25) is 0 Å². The molecule has 4 rings (SSSR count). The van der Waals surface area contributed by atoms with Crippen LogP contribution in [0.3, 0.4) is 0 Å². The van der Waals surface area contributed by atoms with E-state index in [0.717, 1.165) is 37.9 Å². The van der Waals surface area contributed by atoms with E-state index >= 15 is 0 Å². The second kappa shape index (κ2) is 7.69. The van der Waals surface area contributed by atoms with Crippen LogP contribution in [0.2, 0.25) is 0 Å². The fraction of sp³-hybridized carbons (Fsp3) is 0.423. The highest BCUT2D eigenvalue weighted by atomic mass is 16.5. The molecule has 3 nitrogen and oxygen atoms in total. The third-order valence-corrected chi connectivity index (χ3v) is 6.42. The molecule has 0 aliphatic carbocycles. The SMILES string of the molecule is CCCC1(CC)OCCc2c1[nH]c1c(-c3cccc(C#N)c3)cc(C(C)C)cc21. The topological polar surface area (TPSA) is 48.8 Å². The van der Waals surface area contributed by atoms with E-state index in [-0.39, 0.29) is 5.60 Å². The van der Waals surface area contributed by atoms with E-state index < -0.39 is 0 Å². The van der Waals surface area contributed by atoms with Crippen molar-refractivity contribution < 1.29 is 4.74 Å². The Balaban J connectivity index is 2.03. The Hall–Kier alpha value is -2.57. The summed E-state index contributed by atoms with van der Waals surface area (Å²) < 4.78 is 6.40. The van der Waals surface area contributed by atoms with Gasteiger partial charge in [0.15, 0.2) is 0 Å². The Morgan fingerprint density at radius 1 is 1.21 bits per heavy atom. The molecular weight excluding hydrogens is 356 g/mol. The van der Waals surface area contributed by atoms with Crippen LogP contribution in [-0.2, 0) is 16.8 Å². The fourth-order valence-electron chi connectivity index (χ4n) is 4.82. The summed E-state index contributed by atoms with van der Waals surface area (Å²) in [4.78, 5) is 3.81. The van der Waals surface area contributed by atoms with Crippen molar-refractivity contribution in [3.8, 4) is 17.2 Å². The van der Waals surface area contributed by atoms with Crippen LogP contribution in [-0.4, -0.2) is 11.6 Å². The monoisotopic (exact) mass is 386 g/mol. The van der Waals surface area contributed by atoms with Crippen LogP contribution < -0.4 is 0 Å². The number of H-pyrrole nitrogens is 1. The summed E-state index contributed by atoms with van der Waals surface area (Å²) in [5.74, 6) is 0.439. The lowest BCUT2D eigenvalue weighted by molar-refractivity contribution is -0.0723. The van der Waals surface area contributed by atoms with Crippen LogP contribution >= 0.6 is 0 Å². The van der Waals surface area contributed by atoms with E-state index in [9.17, 15) is 5.26 Å². The first-order valence-corrected chi connectivity index (χ1v) is 10.9. The van der Waals surface area contributed by atoms with Gasteiger partial charge in [0.1, 0.15) is 5.60 Å². The number of ether oxygens (including phenoxy) is 1. The smallest absolute Gasteiger partial charge is 0.108 e. The molecular formula is C26H30N2O. The molecule has 0 fully saturated rings. The quantitative estimate of drug-likeness (QED) is 0.524. The van der Waals surface area contributed by atoms with E-state index in [1.165, 1.54) is 33.3 Å². The third kappa shape index (κ3) is 3.26. The predicted octanol–water partition coefficient (Wildman–Crippen LogP) is 6.81. The number of nitrogens with one attached hydrogen (secondary N) is 1. The average Bonchev–Trinajstić information content (AvgIpc) is 3.13. The first-order valence-electron chi connectivity index (χ1n) is 10.9. The lowest BCUT2D eigenvalue weighted by Gasteiger charge is -2.36. The van der Waals surface area contributed by atoms with Gasteiger partial charge in [-0.2, -0.15) is 5.26 Å². The average molecular weight is 387 g/mol.